The zero-order valence-corrected chi connectivity index (χ0v) is 15.3. The molecule has 2 aromatic heterocycles. The Kier molecular flexibility index (Phi) is 4.22. The lowest BCUT2D eigenvalue weighted by Gasteiger charge is -1.96. The first-order valence-electron chi connectivity index (χ1n) is 7.55. The van der Waals surface area contributed by atoms with Crippen molar-refractivity contribution in [2.45, 2.75) is 0 Å². The lowest BCUT2D eigenvalue weighted by atomic mass is 10.1. The molecule has 0 radical (unpaired) electrons. The van der Waals surface area contributed by atoms with Crippen LogP contribution in [0.5, 0.6) is 0 Å². The topological polar surface area (TPSA) is 49.8 Å². The Balaban J connectivity index is 1.69. The van der Waals surface area contributed by atoms with E-state index in [1.165, 1.54) is 11.3 Å². The van der Waals surface area contributed by atoms with Crippen LogP contribution in [0.2, 0.25) is 0 Å². The second-order valence-electron chi connectivity index (χ2n) is 5.41. The minimum Gasteiger partial charge on any atom is -0.454 e. The quantitative estimate of drug-likeness (QED) is 0.370. The van der Waals surface area contributed by atoms with Crippen molar-refractivity contribution in [3.8, 4) is 17.5 Å². The highest BCUT2D eigenvalue weighted by Crippen LogP contribution is 2.31. The summed E-state index contributed by atoms with van der Waals surface area (Å²) in [7, 11) is 0. The standard InChI is InChI=1S/C20H11BrN2OS/c21-16-7-5-13(6-8-16)9-15(11-22)20-23-17(12-25-20)19-10-14-3-1-2-4-18(14)24-19/h1-10,12H/b15-9+. The predicted molar refractivity (Wildman–Crippen MR) is 105 cm³/mol. The Hall–Kier alpha value is -2.68. The van der Waals surface area contributed by atoms with Crippen LogP contribution >= 0.6 is 27.3 Å². The molecule has 0 amide bonds. The predicted octanol–water partition coefficient (Wildman–Crippen LogP) is 6.38. The SMILES string of the molecule is N#C/C(=C\c1ccc(Br)cc1)c1nc(-c2cc3ccccc3o2)cs1. The summed E-state index contributed by atoms with van der Waals surface area (Å²) >= 11 is 4.85. The third-order valence-corrected chi connectivity index (χ3v) is 5.12. The van der Waals surface area contributed by atoms with E-state index in [2.05, 4.69) is 27.0 Å². The number of aromatic nitrogens is 1. The zero-order valence-electron chi connectivity index (χ0n) is 12.9. The molecule has 5 heteroatoms. The van der Waals surface area contributed by atoms with E-state index in [4.69, 9.17) is 4.42 Å². The average Bonchev–Trinajstić information content (AvgIpc) is 3.28. The van der Waals surface area contributed by atoms with Crippen LogP contribution in [0, 0.1) is 11.3 Å². The highest BCUT2D eigenvalue weighted by molar-refractivity contribution is 9.10. The van der Waals surface area contributed by atoms with Crippen LogP contribution in [0.3, 0.4) is 0 Å². The molecule has 4 aromatic rings. The fourth-order valence-corrected chi connectivity index (χ4v) is 3.53. The fourth-order valence-electron chi connectivity index (χ4n) is 2.49. The van der Waals surface area contributed by atoms with Crippen molar-refractivity contribution < 1.29 is 4.42 Å². The zero-order chi connectivity index (χ0) is 17.2. The number of benzene rings is 2. The van der Waals surface area contributed by atoms with Gasteiger partial charge in [-0.05, 0) is 35.9 Å². The van der Waals surface area contributed by atoms with E-state index in [1.54, 1.807) is 0 Å². The minimum absolute atomic E-state index is 0.537. The molecule has 25 heavy (non-hydrogen) atoms. The largest absolute Gasteiger partial charge is 0.454 e. The van der Waals surface area contributed by atoms with Crippen LogP contribution in [-0.4, -0.2) is 4.98 Å². The molecule has 120 valence electrons. The first-order valence-corrected chi connectivity index (χ1v) is 9.22. The van der Waals surface area contributed by atoms with E-state index in [-0.39, 0.29) is 0 Å². The van der Waals surface area contributed by atoms with Gasteiger partial charge in [-0.25, -0.2) is 4.98 Å². The molecule has 0 saturated heterocycles. The number of rotatable bonds is 3. The number of nitriles is 1. The molecule has 4 rings (SSSR count). The molecule has 2 heterocycles. The number of nitrogens with zero attached hydrogens (tertiary/aromatic N) is 2. The number of para-hydroxylation sites is 1. The summed E-state index contributed by atoms with van der Waals surface area (Å²) in [5, 5.41) is 13.1. The molecule has 0 N–H and O–H groups in total. The first kappa shape index (κ1) is 15.8. The lowest BCUT2D eigenvalue weighted by molar-refractivity contribution is 0.629. The highest BCUT2D eigenvalue weighted by Gasteiger charge is 2.12. The van der Waals surface area contributed by atoms with Gasteiger partial charge in [0.05, 0.1) is 5.57 Å². The summed E-state index contributed by atoms with van der Waals surface area (Å²) in [6.07, 6.45) is 1.84. The molecule has 2 aromatic carbocycles. The van der Waals surface area contributed by atoms with Crippen LogP contribution < -0.4 is 0 Å². The monoisotopic (exact) mass is 406 g/mol. The summed E-state index contributed by atoms with van der Waals surface area (Å²) in [6.45, 7) is 0. The van der Waals surface area contributed by atoms with Gasteiger partial charge in [0.25, 0.3) is 0 Å². The molecule has 0 saturated carbocycles. The molecule has 0 aliphatic carbocycles. The normalized spacial score (nSPS) is 11.6. The summed E-state index contributed by atoms with van der Waals surface area (Å²) in [5.41, 5.74) is 3.07. The van der Waals surface area contributed by atoms with E-state index in [0.717, 1.165) is 26.7 Å². The molecule has 0 aliphatic heterocycles. The van der Waals surface area contributed by atoms with Crippen molar-refractivity contribution in [1.29, 1.82) is 5.26 Å². The Labute approximate surface area is 157 Å². The van der Waals surface area contributed by atoms with Crippen molar-refractivity contribution in [3.63, 3.8) is 0 Å². The Morgan fingerprint density at radius 2 is 1.96 bits per heavy atom. The molecule has 3 nitrogen and oxygen atoms in total. The van der Waals surface area contributed by atoms with Gasteiger partial charge in [-0.1, -0.05) is 46.3 Å². The number of halogens is 1. The van der Waals surface area contributed by atoms with Gasteiger partial charge in [-0.2, -0.15) is 5.26 Å². The van der Waals surface area contributed by atoms with E-state index in [9.17, 15) is 5.26 Å². The van der Waals surface area contributed by atoms with E-state index in [0.29, 0.717) is 16.3 Å². The number of hydrogen-bond donors (Lipinski definition) is 0. The van der Waals surface area contributed by atoms with Gasteiger partial charge >= 0.3 is 0 Å². The maximum absolute atomic E-state index is 9.51. The van der Waals surface area contributed by atoms with Crippen LogP contribution in [0.25, 0.3) is 34.1 Å². The van der Waals surface area contributed by atoms with Crippen LogP contribution in [0.4, 0.5) is 0 Å². The van der Waals surface area contributed by atoms with Crippen LogP contribution in [-0.2, 0) is 0 Å². The minimum atomic E-state index is 0.537. The fraction of sp³-hybridized carbons (Fsp3) is 0. The Morgan fingerprint density at radius 1 is 1.16 bits per heavy atom. The van der Waals surface area contributed by atoms with E-state index < -0.39 is 0 Å². The van der Waals surface area contributed by atoms with Crippen molar-refractivity contribution in [1.82, 2.24) is 4.98 Å². The van der Waals surface area contributed by atoms with E-state index in [1.807, 2.05) is 66.1 Å². The number of fused-ring (bicyclic) bond motifs is 1. The maximum Gasteiger partial charge on any atom is 0.154 e. The average molecular weight is 407 g/mol. The Bertz CT molecular complexity index is 1080. The molecule has 0 fully saturated rings. The number of thiazole rings is 1. The van der Waals surface area contributed by atoms with Gasteiger partial charge in [0.2, 0.25) is 0 Å². The molecule has 0 unspecified atom stereocenters. The van der Waals surface area contributed by atoms with Crippen molar-refractivity contribution in [3.05, 3.63) is 75.0 Å². The van der Waals surface area contributed by atoms with Gasteiger partial charge in [-0.3, -0.25) is 0 Å². The number of allylic oxidation sites excluding steroid dienone is 1. The van der Waals surface area contributed by atoms with E-state index >= 15 is 0 Å². The Morgan fingerprint density at radius 3 is 2.72 bits per heavy atom. The summed E-state index contributed by atoms with van der Waals surface area (Å²) < 4.78 is 6.85. The van der Waals surface area contributed by atoms with Gasteiger partial charge in [0, 0.05) is 15.2 Å². The summed E-state index contributed by atoms with van der Waals surface area (Å²) in [6, 6.07) is 19.9. The maximum atomic E-state index is 9.51. The van der Waals surface area contributed by atoms with Gasteiger partial charge in [0.15, 0.2) is 5.76 Å². The van der Waals surface area contributed by atoms with Gasteiger partial charge < -0.3 is 4.42 Å². The third kappa shape index (κ3) is 3.27. The second kappa shape index (κ2) is 6.67. The van der Waals surface area contributed by atoms with Crippen molar-refractivity contribution in [2.24, 2.45) is 0 Å². The highest BCUT2D eigenvalue weighted by atomic mass is 79.9. The van der Waals surface area contributed by atoms with Crippen molar-refractivity contribution in [2.75, 3.05) is 0 Å². The number of hydrogen-bond acceptors (Lipinski definition) is 4. The molecule has 0 spiro atoms. The van der Waals surface area contributed by atoms with Crippen molar-refractivity contribution >= 4 is 49.9 Å². The van der Waals surface area contributed by atoms with Crippen LogP contribution in [0.1, 0.15) is 10.6 Å². The third-order valence-electron chi connectivity index (χ3n) is 3.71. The van der Waals surface area contributed by atoms with Gasteiger partial charge in [0.1, 0.15) is 22.4 Å². The smallest absolute Gasteiger partial charge is 0.154 e. The number of furan rings is 1. The molecular formula is C20H11BrN2OS. The molecule has 0 bridgehead atoms. The molecular weight excluding hydrogens is 396 g/mol. The summed E-state index contributed by atoms with van der Waals surface area (Å²) in [5.74, 6) is 0.713. The molecule has 0 atom stereocenters. The van der Waals surface area contributed by atoms with Crippen LogP contribution in [0.15, 0.2) is 68.9 Å². The first-order chi connectivity index (χ1) is 12.2. The molecule has 0 aliphatic rings. The summed E-state index contributed by atoms with van der Waals surface area (Å²) in [4.78, 5) is 4.59. The second-order valence-corrected chi connectivity index (χ2v) is 7.18. The van der Waals surface area contributed by atoms with Gasteiger partial charge in [-0.15, -0.1) is 11.3 Å². The lowest BCUT2D eigenvalue weighted by Crippen LogP contribution is -1.82.